The molecular formula is C32H36N2O. The zero-order valence-corrected chi connectivity index (χ0v) is 21.2. The van der Waals surface area contributed by atoms with Gasteiger partial charge in [-0.15, -0.1) is 0 Å². The van der Waals surface area contributed by atoms with Crippen LogP contribution in [-0.4, -0.2) is 28.5 Å². The zero-order chi connectivity index (χ0) is 24.4. The quantitative estimate of drug-likeness (QED) is 0.299. The molecule has 3 aromatic carbocycles. The lowest BCUT2D eigenvalue weighted by Gasteiger charge is -2.31. The second-order valence-corrected chi connectivity index (χ2v) is 10.4. The van der Waals surface area contributed by atoms with E-state index in [-0.39, 0.29) is 11.8 Å². The molecule has 1 atom stereocenters. The maximum absolute atomic E-state index is 13.5. The fourth-order valence-corrected chi connectivity index (χ4v) is 5.43. The highest BCUT2D eigenvalue weighted by Gasteiger charge is 2.27. The number of aromatic nitrogens is 1. The Bertz CT molecular complexity index is 1310. The third-order valence-electron chi connectivity index (χ3n) is 7.63. The molecule has 0 radical (unpaired) electrons. The van der Waals surface area contributed by atoms with Crippen molar-refractivity contribution in [2.24, 2.45) is 5.92 Å². The SMILES string of the molecule is Cc1ccc(Cn2cc(C(CC(=O)N3CCC(C)CC3)c3cccc(C)c3)c3ccccc32)cc1. The molecule has 180 valence electrons. The predicted molar refractivity (Wildman–Crippen MR) is 145 cm³/mol. The lowest BCUT2D eigenvalue weighted by molar-refractivity contribution is -0.132. The molecule has 1 aliphatic rings. The van der Waals surface area contributed by atoms with Crippen LogP contribution >= 0.6 is 0 Å². The number of rotatable bonds is 6. The first kappa shape index (κ1) is 23.4. The summed E-state index contributed by atoms with van der Waals surface area (Å²) in [6.45, 7) is 9.14. The van der Waals surface area contributed by atoms with E-state index in [2.05, 4.69) is 109 Å². The van der Waals surface area contributed by atoms with E-state index in [0.29, 0.717) is 12.3 Å². The van der Waals surface area contributed by atoms with Crippen LogP contribution in [0.2, 0.25) is 0 Å². The molecule has 4 aromatic rings. The average molecular weight is 465 g/mol. The lowest BCUT2D eigenvalue weighted by Crippen LogP contribution is -2.38. The summed E-state index contributed by atoms with van der Waals surface area (Å²) in [5.74, 6) is 1.02. The van der Waals surface area contributed by atoms with Crippen molar-refractivity contribution in [3.8, 4) is 0 Å². The van der Waals surface area contributed by atoms with Crippen molar-refractivity contribution in [2.75, 3.05) is 13.1 Å². The zero-order valence-electron chi connectivity index (χ0n) is 21.2. The van der Waals surface area contributed by atoms with E-state index in [1.165, 1.54) is 38.7 Å². The van der Waals surface area contributed by atoms with Gasteiger partial charge in [-0.3, -0.25) is 4.79 Å². The number of hydrogen-bond acceptors (Lipinski definition) is 1. The molecule has 3 nitrogen and oxygen atoms in total. The van der Waals surface area contributed by atoms with Crippen molar-refractivity contribution in [2.45, 2.75) is 52.5 Å². The molecule has 1 fully saturated rings. The second kappa shape index (κ2) is 10.1. The van der Waals surface area contributed by atoms with Gasteiger partial charge in [0.1, 0.15) is 0 Å². The summed E-state index contributed by atoms with van der Waals surface area (Å²) < 4.78 is 2.35. The summed E-state index contributed by atoms with van der Waals surface area (Å²) >= 11 is 0. The Hall–Kier alpha value is -3.33. The second-order valence-electron chi connectivity index (χ2n) is 10.4. The molecule has 5 rings (SSSR count). The minimum atomic E-state index is 0.0333. The molecule has 1 saturated heterocycles. The molecule has 0 bridgehead atoms. The average Bonchev–Trinajstić information content (AvgIpc) is 3.22. The van der Waals surface area contributed by atoms with Gasteiger partial charge in [0.05, 0.1) is 0 Å². The minimum absolute atomic E-state index is 0.0333. The molecule has 35 heavy (non-hydrogen) atoms. The Morgan fingerprint density at radius 3 is 2.40 bits per heavy atom. The number of amides is 1. The first-order chi connectivity index (χ1) is 17.0. The molecule has 1 amide bonds. The van der Waals surface area contributed by atoms with Crippen LogP contribution in [0.15, 0.2) is 79.0 Å². The Kier molecular flexibility index (Phi) is 6.77. The van der Waals surface area contributed by atoms with E-state index in [4.69, 9.17) is 0 Å². The van der Waals surface area contributed by atoms with Crippen molar-refractivity contribution in [1.29, 1.82) is 0 Å². The fraction of sp³-hybridized carbons (Fsp3) is 0.344. The molecule has 0 N–H and O–H groups in total. The number of likely N-dealkylation sites (tertiary alicyclic amines) is 1. The van der Waals surface area contributed by atoms with Crippen LogP contribution in [-0.2, 0) is 11.3 Å². The van der Waals surface area contributed by atoms with Crippen molar-refractivity contribution in [3.05, 3.63) is 107 Å². The maximum atomic E-state index is 13.5. The third-order valence-corrected chi connectivity index (χ3v) is 7.63. The number of benzene rings is 3. The predicted octanol–water partition coefficient (Wildman–Crippen LogP) is 7.09. The summed E-state index contributed by atoms with van der Waals surface area (Å²) in [5.41, 5.74) is 7.49. The van der Waals surface area contributed by atoms with Crippen molar-refractivity contribution < 1.29 is 4.79 Å². The number of carbonyl (C=O) groups excluding carboxylic acids is 1. The van der Waals surface area contributed by atoms with Gasteiger partial charge in [0.25, 0.3) is 0 Å². The Morgan fingerprint density at radius 2 is 1.66 bits per heavy atom. The minimum Gasteiger partial charge on any atom is -0.343 e. The van der Waals surface area contributed by atoms with Gasteiger partial charge in [0, 0.05) is 49.1 Å². The highest BCUT2D eigenvalue weighted by molar-refractivity contribution is 5.87. The van der Waals surface area contributed by atoms with Crippen LogP contribution in [0.1, 0.15) is 59.9 Å². The Labute approximate surface area is 209 Å². The first-order valence-corrected chi connectivity index (χ1v) is 13.0. The topological polar surface area (TPSA) is 25.2 Å². The fourth-order valence-electron chi connectivity index (χ4n) is 5.43. The van der Waals surface area contributed by atoms with Gasteiger partial charge in [-0.1, -0.05) is 84.8 Å². The standard InChI is InChI=1S/C32H36N2O/c1-23-11-13-26(14-12-23)21-34-22-30(28-9-4-5-10-31(28)34)29(27-8-6-7-25(3)19-27)20-32(35)33-17-15-24(2)16-18-33/h4-14,19,22,24,29H,15-18,20-21H2,1-3H3. The summed E-state index contributed by atoms with van der Waals surface area (Å²) in [5, 5.41) is 1.24. The van der Waals surface area contributed by atoms with E-state index < -0.39 is 0 Å². The highest BCUT2D eigenvalue weighted by Crippen LogP contribution is 2.36. The van der Waals surface area contributed by atoms with E-state index >= 15 is 0 Å². The molecular weight excluding hydrogens is 428 g/mol. The molecule has 0 aliphatic carbocycles. The summed E-state index contributed by atoms with van der Waals surface area (Å²) in [6.07, 6.45) is 5.02. The summed E-state index contributed by atoms with van der Waals surface area (Å²) in [4.78, 5) is 15.6. The lowest BCUT2D eigenvalue weighted by atomic mass is 9.86. The number of nitrogens with zero attached hydrogens (tertiary/aromatic N) is 2. The number of carbonyl (C=O) groups is 1. The van der Waals surface area contributed by atoms with Crippen LogP contribution in [0.5, 0.6) is 0 Å². The van der Waals surface area contributed by atoms with Crippen LogP contribution in [0.25, 0.3) is 10.9 Å². The smallest absolute Gasteiger partial charge is 0.223 e. The normalized spacial score (nSPS) is 15.5. The van der Waals surface area contributed by atoms with Crippen molar-refractivity contribution >= 4 is 16.8 Å². The van der Waals surface area contributed by atoms with Gasteiger partial charge < -0.3 is 9.47 Å². The molecule has 2 heterocycles. The number of para-hydroxylation sites is 1. The maximum Gasteiger partial charge on any atom is 0.223 e. The largest absolute Gasteiger partial charge is 0.343 e. The summed E-state index contributed by atoms with van der Waals surface area (Å²) in [7, 11) is 0. The molecule has 1 aliphatic heterocycles. The van der Waals surface area contributed by atoms with Crippen molar-refractivity contribution in [3.63, 3.8) is 0 Å². The van der Waals surface area contributed by atoms with Crippen LogP contribution in [0.4, 0.5) is 0 Å². The van der Waals surface area contributed by atoms with E-state index in [9.17, 15) is 4.79 Å². The van der Waals surface area contributed by atoms with Gasteiger partial charge in [-0.2, -0.15) is 0 Å². The van der Waals surface area contributed by atoms with Gasteiger partial charge in [0.2, 0.25) is 5.91 Å². The van der Waals surface area contributed by atoms with E-state index in [1.807, 2.05) is 0 Å². The Balaban J connectivity index is 1.54. The highest BCUT2D eigenvalue weighted by atomic mass is 16.2. The number of aryl methyl sites for hydroxylation is 2. The van der Waals surface area contributed by atoms with Crippen LogP contribution < -0.4 is 0 Å². The number of hydrogen-bond donors (Lipinski definition) is 0. The Morgan fingerprint density at radius 1 is 0.914 bits per heavy atom. The first-order valence-electron chi connectivity index (χ1n) is 13.0. The molecule has 0 saturated carbocycles. The third kappa shape index (κ3) is 5.19. The van der Waals surface area contributed by atoms with Crippen LogP contribution in [0.3, 0.4) is 0 Å². The molecule has 3 heteroatoms. The molecule has 0 spiro atoms. The van der Waals surface area contributed by atoms with Gasteiger partial charge in [-0.25, -0.2) is 0 Å². The van der Waals surface area contributed by atoms with Gasteiger partial charge in [0.15, 0.2) is 0 Å². The number of fused-ring (bicyclic) bond motifs is 1. The van der Waals surface area contributed by atoms with E-state index in [1.54, 1.807) is 0 Å². The molecule has 1 unspecified atom stereocenters. The van der Waals surface area contributed by atoms with Gasteiger partial charge >= 0.3 is 0 Å². The molecule has 1 aromatic heterocycles. The van der Waals surface area contributed by atoms with Gasteiger partial charge in [-0.05, 0) is 55.4 Å². The van der Waals surface area contributed by atoms with E-state index in [0.717, 1.165) is 32.5 Å². The monoisotopic (exact) mass is 464 g/mol. The number of piperidine rings is 1. The summed E-state index contributed by atoms with van der Waals surface area (Å²) in [6, 6.07) is 26.1. The van der Waals surface area contributed by atoms with Crippen molar-refractivity contribution in [1.82, 2.24) is 9.47 Å². The van der Waals surface area contributed by atoms with Crippen LogP contribution in [0, 0.1) is 19.8 Å².